The van der Waals surface area contributed by atoms with E-state index in [9.17, 15) is 13.2 Å². The van der Waals surface area contributed by atoms with Crippen LogP contribution in [0.2, 0.25) is 0 Å². The summed E-state index contributed by atoms with van der Waals surface area (Å²) in [5.74, 6) is 0. The Labute approximate surface area is 82.9 Å². The molecule has 1 heterocycles. The van der Waals surface area contributed by atoms with Gasteiger partial charge in [-0.1, -0.05) is 0 Å². The van der Waals surface area contributed by atoms with Crippen molar-refractivity contribution in [2.45, 2.75) is 19.1 Å². The third kappa shape index (κ3) is 4.03. The van der Waals surface area contributed by atoms with Gasteiger partial charge in [0.1, 0.15) is 0 Å². The average Bonchev–Trinajstić information content (AvgIpc) is 2.53. The number of aromatic nitrogens is 1. The minimum Gasteiger partial charge on any atom is -0.292 e. The van der Waals surface area contributed by atoms with Crippen molar-refractivity contribution in [2.75, 3.05) is 6.61 Å². The lowest BCUT2D eigenvalue weighted by Gasteiger charge is -2.12. The second kappa shape index (κ2) is 4.72. The minimum absolute atomic E-state index is 0.344. The highest BCUT2D eigenvalue weighted by Crippen LogP contribution is 2.15. The van der Waals surface area contributed by atoms with Crippen molar-refractivity contribution in [3.63, 3.8) is 0 Å². The first-order valence-electron chi connectivity index (χ1n) is 3.81. The Balaban J connectivity index is 2.26. The molecule has 0 saturated carbocycles. The van der Waals surface area contributed by atoms with Crippen LogP contribution in [0, 0.1) is 0 Å². The predicted molar refractivity (Wildman–Crippen MR) is 45.7 cm³/mol. The number of alkyl halides is 3. The van der Waals surface area contributed by atoms with Crippen LogP contribution in [0.3, 0.4) is 0 Å². The molecule has 1 aromatic rings. The van der Waals surface area contributed by atoms with E-state index >= 15 is 0 Å². The topological polar surface area (TPSA) is 34.1 Å². The van der Waals surface area contributed by atoms with Crippen molar-refractivity contribution in [3.8, 4) is 0 Å². The van der Waals surface area contributed by atoms with Gasteiger partial charge in [-0.3, -0.25) is 4.84 Å². The molecule has 3 nitrogen and oxygen atoms in total. The number of rotatable bonds is 4. The van der Waals surface area contributed by atoms with Gasteiger partial charge in [0, 0.05) is 5.38 Å². The van der Waals surface area contributed by atoms with Crippen LogP contribution in [0.1, 0.15) is 18.7 Å². The largest absolute Gasteiger partial charge is 0.413 e. The van der Waals surface area contributed by atoms with E-state index in [4.69, 9.17) is 0 Å². The quantitative estimate of drug-likeness (QED) is 0.800. The van der Waals surface area contributed by atoms with E-state index < -0.39 is 12.8 Å². The zero-order valence-electron chi connectivity index (χ0n) is 7.34. The summed E-state index contributed by atoms with van der Waals surface area (Å²) >= 11 is 1.38. The molecule has 7 heteroatoms. The average molecular weight is 226 g/mol. The van der Waals surface area contributed by atoms with Gasteiger partial charge in [-0.25, -0.2) is 4.98 Å². The fourth-order valence-corrected chi connectivity index (χ4v) is 1.39. The van der Waals surface area contributed by atoms with Gasteiger partial charge in [0.05, 0.1) is 17.2 Å². The maximum Gasteiger partial charge on any atom is 0.413 e. The van der Waals surface area contributed by atoms with Crippen LogP contribution in [0.4, 0.5) is 13.2 Å². The number of halogens is 3. The lowest BCUT2D eigenvalue weighted by Crippen LogP contribution is -2.26. The number of nitrogens with zero attached hydrogens (tertiary/aromatic N) is 1. The predicted octanol–water partition coefficient (Wildman–Crippen LogP) is 2.29. The third-order valence-corrected chi connectivity index (χ3v) is 2.00. The summed E-state index contributed by atoms with van der Waals surface area (Å²) in [7, 11) is 0. The normalized spacial score (nSPS) is 14.3. The summed E-state index contributed by atoms with van der Waals surface area (Å²) in [6, 6.07) is -0.344. The van der Waals surface area contributed by atoms with E-state index in [0.717, 1.165) is 0 Å². The Kier molecular flexibility index (Phi) is 3.85. The molecule has 0 spiro atoms. The van der Waals surface area contributed by atoms with Crippen LogP contribution in [-0.2, 0) is 4.84 Å². The number of hydroxylamine groups is 1. The van der Waals surface area contributed by atoms with E-state index in [0.29, 0.717) is 5.69 Å². The van der Waals surface area contributed by atoms with Gasteiger partial charge in [0.2, 0.25) is 0 Å². The van der Waals surface area contributed by atoms with Gasteiger partial charge in [-0.15, -0.1) is 11.3 Å². The smallest absolute Gasteiger partial charge is 0.292 e. The molecule has 0 radical (unpaired) electrons. The van der Waals surface area contributed by atoms with E-state index in [2.05, 4.69) is 15.3 Å². The molecule has 1 unspecified atom stereocenters. The number of hydrogen-bond donors (Lipinski definition) is 1. The molecule has 14 heavy (non-hydrogen) atoms. The number of thiazole rings is 1. The Morgan fingerprint density at radius 1 is 1.64 bits per heavy atom. The molecule has 0 fully saturated rings. The molecule has 0 saturated heterocycles. The molecule has 1 rings (SSSR count). The standard InChI is InChI=1S/C7H9F3N2OS/c1-5(6-2-14-4-11-6)12-13-3-7(8,9)10/h2,4-5,12H,3H2,1H3. The lowest BCUT2D eigenvalue weighted by molar-refractivity contribution is -0.192. The van der Waals surface area contributed by atoms with E-state index in [-0.39, 0.29) is 6.04 Å². The summed E-state index contributed by atoms with van der Waals surface area (Å²) in [5.41, 5.74) is 4.54. The molecule has 0 bridgehead atoms. The fourth-order valence-electron chi connectivity index (χ4n) is 0.745. The molecular weight excluding hydrogens is 217 g/mol. The Bertz CT molecular complexity index is 262. The third-order valence-electron chi connectivity index (χ3n) is 1.39. The zero-order valence-corrected chi connectivity index (χ0v) is 8.15. The van der Waals surface area contributed by atoms with Gasteiger partial charge >= 0.3 is 6.18 Å². The Hall–Kier alpha value is -0.660. The van der Waals surface area contributed by atoms with Gasteiger partial charge in [0.25, 0.3) is 0 Å². The van der Waals surface area contributed by atoms with Crippen molar-refractivity contribution in [3.05, 3.63) is 16.6 Å². The van der Waals surface area contributed by atoms with Crippen molar-refractivity contribution >= 4 is 11.3 Å². The van der Waals surface area contributed by atoms with Gasteiger partial charge in [0.15, 0.2) is 6.61 Å². The van der Waals surface area contributed by atoms with Crippen LogP contribution >= 0.6 is 11.3 Å². The zero-order chi connectivity index (χ0) is 10.6. The van der Waals surface area contributed by atoms with Gasteiger partial charge in [-0.2, -0.15) is 18.7 Å². The van der Waals surface area contributed by atoms with Crippen molar-refractivity contribution < 1.29 is 18.0 Å². The molecule has 0 aliphatic carbocycles. The highest BCUT2D eigenvalue weighted by Gasteiger charge is 2.28. The second-order valence-electron chi connectivity index (χ2n) is 2.66. The first kappa shape index (κ1) is 11.4. The summed E-state index contributed by atoms with van der Waals surface area (Å²) in [6.45, 7) is 0.368. The maximum absolute atomic E-state index is 11.7. The lowest BCUT2D eigenvalue weighted by atomic mass is 10.3. The fraction of sp³-hybridized carbons (Fsp3) is 0.571. The van der Waals surface area contributed by atoms with Crippen LogP contribution in [-0.4, -0.2) is 17.8 Å². The number of hydrogen-bond acceptors (Lipinski definition) is 4. The van der Waals surface area contributed by atoms with Crippen molar-refractivity contribution in [2.24, 2.45) is 0 Å². The molecule has 1 atom stereocenters. The highest BCUT2D eigenvalue weighted by atomic mass is 32.1. The first-order chi connectivity index (χ1) is 6.49. The second-order valence-corrected chi connectivity index (χ2v) is 3.38. The van der Waals surface area contributed by atoms with Crippen molar-refractivity contribution in [1.29, 1.82) is 0 Å². The molecular formula is C7H9F3N2OS. The summed E-state index contributed by atoms with van der Waals surface area (Å²) < 4.78 is 35.0. The summed E-state index contributed by atoms with van der Waals surface area (Å²) in [6.07, 6.45) is -4.31. The van der Waals surface area contributed by atoms with Crippen molar-refractivity contribution in [1.82, 2.24) is 10.5 Å². The number of nitrogens with one attached hydrogen (secondary N) is 1. The highest BCUT2D eigenvalue weighted by molar-refractivity contribution is 7.07. The molecule has 0 amide bonds. The van der Waals surface area contributed by atoms with E-state index in [1.807, 2.05) is 0 Å². The van der Waals surface area contributed by atoms with E-state index in [1.54, 1.807) is 17.8 Å². The first-order valence-corrected chi connectivity index (χ1v) is 4.75. The summed E-state index contributed by atoms with van der Waals surface area (Å²) in [4.78, 5) is 8.20. The Morgan fingerprint density at radius 2 is 2.36 bits per heavy atom. The van der Waals surface area contributed by atoms with Crippen LogP contribution in [0.25, 0.3) is 0 Å². The molecule has 0 aliphatic heterocycles. The van der Waals surface area contributed by atoms with Crippen LogP contribution < -0.4 is 5.48 Å². The monoisotopic (exact) mass is 226 g/mol. The molecule has 0 aliphatic rings. The molecule has 1 aromatic heterocycles. The molecule has 1 N–H and O–H groups in total. The minimum atomic E-state index is -4.31. The van der Waals surface area contributed by atoms with Gasteiger partial charge < -0.3 is 0 Å². The summed E-state index contributed by atoms with van der Waals surface area (Å²) in [5, 5.41) is 1.74. The van der Waals surface area contributed by atoms with E-state index in [1.165, 1.54) is 11.3 Å². The molecule has 80 valence electrons. The van der Waals surface area contributed by atoms with Gasteiger partial charge in [-0.05, 0) is 6.92 Å². The van der Waals surface area contributed by atoms with Crippen LogP contribution in [0.15, 0.2) is 10.9 Å². The van der Waals surface area contributed by atoms with Crippen LogP contribution in [0.5, 0.6) is 0 Å². The SMILES string of the molecule is CC(NOCC(F)(F)F)c1cscn1. The maximum atomic E-state index is 11.7. The Morgan fingerprint density at radius 3 is 2.86 bits per heavy atom. The molecule has 0 aromatic carbocycles.